The maximum Gasteiger partial charge on any atom is 0.0623 e. The SMILES string of the molecule is CCCNC1COCC1CN(C)C1CCCC(C)C1. The molecular weight excluding hydrogens is 236 g/mol. The van der Waals surface area contributed by atoms with E-state index in [-0.39, 0.29) is 0 Å². The third kappa shape index (κ3) is 4.44. The molecule has 1 aliphatic heterocycles. The molecule has 4 unspecified atom stereocenters. The zero-order valence-corrected chi connectivity index (χ0v) is 13.0. The highest BCUT2D eigenvalue weighted by molar-refractivity contribution is 4.86. The van der Waals surface area contributed by atoms with Crippen molar-refractivity contribution in [2.75, 3.05) is 33.4 Å². The monoisotopic (exact) mass is 268 g/mol. The number of nitrogens with zero attached hydrogens (tertiary/aromatic N) is 1. The van der Waals surface area contributed by atoms with Gasteiger partial charge in [0.05, 0.1) is 13.2 Å². The van der Waals surface area contributed by atoms with Gasteiger partial charge in [-0.3, -0.25) is 0 Å². The maximum absolute atomic E-state index is 5.69. The van der Waals surface area contributed by atoms with Crippen LogP contribution in [0.2, 0.25) is 0 Å². The molecule has 0 amide bonds. The van der Waals surface area contributed by atoms with Gasteiger partial charge in [0.25, 0.3) is 0 Å². The highest BCUT2D eigenvalue weighted by Gasteiger charge is 2.31. The molecule has 4 atom stereocenters. The summed E-state index contributed by atoms with van der Waals surface area (Å²) in [5.74, 6) is 1.59. The largest absolute Gasteiger partial charge is 0.379 e. The van der Waals surface area contributed by atoms with Gasteiger partial charge in [-0.2, -0.15) is 0 Å². The van der Waals surface area contributed by atoms with Gasteiger partial charge in [-0.25, -0.2) is 0 Å². The van der Waals surface area contributed by atoms with Crippen molar-refractivity contribution in [3.05, 3.63) is 0 Å². The molecule has 1 aliphatic carbocycles. The van der Waals surface area contributed by atoms with E-state index < -0.39 is 0 Å². The van der Waals surface area contributed by atoms with Crippen LogP contribution in [0.25, 0.3) is 0 Å². The summed E-state index contributed by atoms with van der Waals surface area (Å²) >= 11 is 0. The Balaban J connectivity index is 1.78. The quantitative estimate of drug-likeness (QED) is 0.801. The summed E-state index contributed by atoms with van der Waals surface area (Å²) < 4.78 is 5.69. The molecule has 0 bridgehead atoms. The second kappa shape index (κ2) is 7.61. The lowest BCUT2D eigenvalue weighted by Gasteiger charge is -2.36. The van der Waals surface area contributed by atoms with E-state index in [2.05, 4.69) is 31.1 Å². The highest BCUT2D eigenvalue weighted by Crippen LogP contribution is 2.27. The molecule has 0 aromatic heterocycles. The van der Waals surface area contributed by atoms with E-state index >= 15 is 0 Å². The van der Waals surface area contributed by atoms with Crippen molar-refractivity contribution in [3.63, 3.8) is 0 Å². The maximum atomic E-state index is 5.69. The molecule has 0 aromatic carbocycles. The predicted octanol–water partition coefficient (Wildman–Crippen LogP) is 2.51. The van der Waals surface area contributed by atoms with E-state index in [4.69, 9.17) is 4.74 Å². The fourth-order valence-electron chi connectivity index (χ4n) is 3.66. The Kier molecular flexibility index (Phi) is 6.11. The molecule has 3 nitrogen and oxygen atoms in total. The minimum absolute atomic E-state index is 0.573. The summed E-state index contributed by atoms with van der Waals surface area (Å²) in [4.78, 5) is 2.61. The van der Waals surface area contributed by atoms with E-state index in [1.54, 1.807) is 0 Å². The number of rotatable bonds is 6. The van der Waals surface area contributed by atoms with Crippen molar-refractivity contribution in [1.82, 2.24) is 10.2 Å². The third-order valence-electron chi connectivity index (χ3n) is 4.91. The fourth-order valence-corrected chi connectivity index (χ4v) is 3.66. The molecule has 1 saturated carbocycles. The molecule has 1 saturated heterocycles. The topological polar surface area (TPSA) is 24.5 Å². The first-order valence-corrected chi connectivity index (χ1v) is 8.22. The Morgan fingerprint density at radius 3 is 2.84 bits per heavy atom. The summed E-state index contributed by atoms with van der Waals surface area (Å²) in [5.41, 5.74) is 0. The number of hydrogen-bond acceptors (Lipinski definition) is 3. The molecule has 0 spiro atoms. The summed E-state index contributed by atoms with van der Waals surface area (Å²) in [6, 6.07) is 1.37. The van der Waals surface area contributed by atoms with Crippen LogP contribution in [0.15, 0.2) is 0 Å². The van der Waals surface area contributed by atoms with Gasteiger partial charge < -0.3 is 15.0 Å². The average Bonchev–Trinajstić information content (AvgIpc) is 2.83. The van der Waals surface area contributed by atoms with E-state index in [0.717, 1.165) is 31.7 Å². The van der Waals surface area contributed by atoms with Gasteiger partial charge in [0.15, 0.2) is 0 Å². The molecule has 1 N–H and O–H groups in total. The Morgan fingerprint density at radius 1 is 1.26 bits per heavy atom. The average molecular weight is 268 g/mol. The first-order valence-electron chi connectivity index (χ1n) is 8.22. The van der Waals surface area contributed by atoms with Crippen LogP contribution in [0.4, 0.5) is 0 Å². The van der Waals surface area contributed by atoms with Gasteiger partial charge in [0.1, 0.15) is 0 Å². The van der Waals surface area contributed by atoms with Crippen LogP contribution >= 0.6 is 0 Å². The Labute approximate surface area is 119 Å². The van der Waals surface area contributed by atoms with Crippen LogP contribution in [0, 0.1) is 11.8 Å². The van der Waals surface area contributed by atoms with Crippen LogP contribution in [-0.4, -0.2) is 50.3 Å². The third-order valence-corrected chi connectivity index (χ3v) is 4.91. The van der Waals surface area contributed by atoms with Crippen molar-refractivity contribution in [3.8, 4) is 0 Å². The Hall–Kier alpha value is -0.120. The molecule has 112 valence electrons. The predicted molar refractivity (Wildman–Crippen MR) is 80.4 cm³/mol. The van der Waals surface area contributed by atoms with Crippen LogP contribution in [0.5, 0.6) is 0 Å². The summed E-state index contributed by atoms with van der Waals surface area (Å²) in [5, 5.41) is 3.65. The normalized spacial score (nSPS) is 36.0. The summed E-state index contributed by atoms with van der Waals surface area (Å²) in [6.45, 7) is 8.79. The van der Waals surface area contributed by atoms with Gasteiger partial charge in [0, 0.05) is 24.5 Å². The van der Waals surface area contributed by atoms with Crippen LogP contribution in [-0.2, 0) is 4.74 Å². The molecule has 3 heteroatoms. The minimum Gasteiger partial charge on any atom is -0.379 e. The second-order valence-corrected chi connectivity index (χ2v) is 6.72. The molecule has 0 aromatic rings. The zero-order chi connectivity index (χ0) is 13.7. The van der Waals surface area contributed by atoms with Crippen molar-refractivity contribution >= 4 is 0 Å². The molecule has 1 heterocycles. The van der Waals surface area contributed by atoms with E-state index in [0.29, 0.717) is 12.0 Å². The lowest BCUT2D eigenvalue weighted by Crippen LogP contribution is -2.44. The number of hydrogen-bond donors (Lipinski definition) is 1. The molecule has 2 rings (SSSR count). The first-order chi connectivity index (χ1) is 9.20. The van der Waals surface area contributed by atoms with E-state index in [1.165, 1.54) is 38.6 Å². The van der Waals surface area contributed by atoms with Crippen LogP contribution in [0.3, 0.4) is 0 Å². The molecule has 2 fully saturated rings. The molecule has 2 aliphatic rings. The van der Waals surface area contributed by atoms with Gasteiger partial charge in [-0.05, 0) is 38.8 Å². The van der Waals surface area contributed by atoms with Crippen molar-refractivity contribution in [2.45, 2.75) is 58.0 Å². The Morgan fingerprint density at radius 2 is 2.11 bits per heavy atom. The van der Waals surface area contributed by atoms with E-state index in [1.807, 2.05) is 0 Å². The summed E-state index contributed by atoms with van der Waals surface area (Å²) in [6.07, 6.45) is 6.82. The van der Waals surface area contributed by atoms with E-state index in [9.17, 15) is 0 Å². The molecule has 0 radical (unpaired) electrons. The fraction of sp³-hybridized carbons (Fsp3) is 1.00. The first kappa shape index (κ1) is 15.3. The summed E-state index contributed by atoms with van der Waals surface area (Å²) in [7, 11) is 2.32. The van der Waals surface area contributed by atoms with Gasteiger partial charge in [-0.15, -0.1) is 0 Å². The second-order valence-electron chi connectivity index (χ2n) is 6.72. The van der Waals surface area contributed by atoms with Crippen molar-refractivity contribution in [1.29, 1.82) is 0 Å². The zero-order valence-electron chi connectivity index (χ0n) is 13.0. The lowest BCUT2D eigenvalue weighted by molar-refractivity contribution is 0.129. The van der Waals surface area contributed by atoms with Gasteiger partial charge in [-0.1, -0.05) is 26.7 Å². The molecule has 19 heavy (non-hydrogen) atoms. The number of nitrogens with one attached hydrogen (secondary N) is 1. The van der Waals surface area contributed by atoms with Crippen LogP contribution in [0.1, 0.15) is 46.0 Å². The number of ether oxygens (including phenoxy) is 1. The van der Waals surface area contributed by atoms with Crippen molar-refractivity contribution < 1.29 is 4.74 Å². The van der Waals surface area contributed by atoms with Gasteiger partial charge >= 0.3 is 0 Å². The lowest BCUT2D eigenvalue weighted by atomic mass is 9.86. The van der Waals surface area contributed by atoms with Crippen molar-refractivity contribution in [2.24, 2.45) is 11.8 Å². The Bertz CT molecular complexity index is 259. The van der Waals surface area contributed by atoms with Gasteiger partial charge in [0.2, 0.25) is 0 Å². The minimum atomic E-state index is 0.573. The standard InChI is InChI=1S/C16H32N2O/c1-4-8-17-16-12-19-11-14(16)10-18(3)15-7-5-6-13(2)9-15/h13-17H,4-12H2,1-3H3. The smallest absolute Gasteiger partial charge is 0.0623 e. The highest BCUT2D eigenvalue weighted by atomic mass is 16.5. The molecular formula is C16H32N2O. The van der Waals surface area contributed by atoms with Crippen LogP contribution < -0.4 is 5.32 Å².